The lowest BCUT2D eigenvalue weighted by atomic mass is 9.89. The van der Waals surface area contributed by atoms with Crippen LogP contribution in [0.15, 0.2) is 47.6 Å². The molecule has 6 nitrogen and oxygen atoms in total. The van der Waals surface area contributed by atoms with E-state index < -0.39 is 0 Å². The van der Waals surface area contributed by atoms with Gasteiger partial charge in [0.2, 0.25) is 0 Å². The normalized spacial score (nSPS) is 18.6. The SMILES string of the molecule is Cc1ccc2c(c1)c1c3n2CCN(CC(=O)N/N=C\c2ccc(O)cc2)C3CCC1. The Hall–Kier alpha value is -3.12. The number of carbonyl (C=O) groups is 1. The molecular weight excluding hydrogens is 376 g/mol. The first-order valence-corrected chi connectivity index (χ1v) is 10.6. The summed E-state index contributed by atoms with van der Waals surface area (Å²) in [5, 5.41) is 14.8. The van der Waals surface area contributed by atoms with Crippen LogP contribution >= 0.6 is 0 Å². The molecule has 30 heavy (non-hydrogen) atoms. The minimum atomic E-state index is -0.0995. The second-order valence-electron chi connectivity index (χ2n) is 8.30. The maximum Gasteiger partial charge on any atom is 0.254 e. The van der Waals surface area contributed by atoms with Crippen LogP contribution in [0.2, 0.25) is 0 Å². The summed E-state index contributed by atoms with van der Waals surface area (Å²) in [6.45, 7) is 4.27. The van der Waals surface area contributed by atoms with Gasteiger partial charge in [-0.3, -0.25) is 9.69 Å². The molecule has 1 aliphatic heterocycles. The predicted octanol–water partition coefficient (Wildman–Crippen LogP) is 3.50. The largest absolute Gasteiger partial charge is 0.508 e. The molecule has 6 heteroatoms. The van der Waals surface area contributed by atoms with Gasteiger partial charge in [0.15, 0.2) is 0 Å². The van der Waals surface area contributed by atoms with Crippen molar-refractivity contribution in [2.75, 3.05) is 13.1 Å². The molecule has 3 aromatic rings. The number of phenolic OH excluding ortho intramolecular Hbond substituents is 1. The van der Waals surface area contributed by atoms with Gasteiger partial charge in [-0.1, -0.05) is 11.6 Å². The Morgan fingerprint density at radius 3 is 2.90 bits per heavy atom. The van der Waals surface area contributed by atoms with E-state index in [2.05, 4.69) is 45.1 Å². The quantitative estimate of drug-likeness (QED) is 0.518. The molecule has 5 rings (SSSR count). The molecule has 154 valence electrons. The van der Waals surface area contributed by atoms with E-state index in [0.29, 0.717) is 12.6 Å². The zero-order valence-electron chi connectivity index (χ0n) is 17.1. The highest BCUT2D eigenvalue weighted by Crippen LogP contribution is 2.42. The van der Waals surface area contributed by atoms with E-state index in [1.54, 1.807) is 30.5 Å². The van der Waals surface area contributed by atoms with Crippen LogP contribution < -0.4 is 5.43 Å². The van der Waals surface area contributed by atoms with Crippen LogP contribution in [0.5, 0.6) is 5.75 Å². The Bertz CT molecular complexity index is 1130. The molecule has 0 radical (unpaired) electrons. The number of nitrogens with one attached hydrogen (secondary N) is 1. The number of rotatable bonds is 4. The van der Waals surface area contributed by atoms with Crippen molar-refractivity contribution in [3.63, 3.8) is 0 Å². The van der Waals surface area contributed by atoms with E-state index in [1.807, 2.05) is 0 Å². The summed E-state index contributed by atoms with van der Waals surface area (Å²) in [5.41, 5.74) is 8.98. The molecule has 2 N–H and O–H groups in total. The van der Waals surface area contributed by atoms with Crippen molar-refractivity contribution in [3.8, 4) is 5.75 Å². The number of phenols is 1. The molecule has 0 spiro atoms. The summed E-state index contributed by atoms with van der Waals surface area (Å²) in [4.78, 5) is 14.8. The predicted molar refractivity (Wildman–Crippen MR) is 118 cm³/mol. The first-order valence-electron chi connectivity index (χ1n) is 10.6. The molecule has 0 saturated carbocycles. The number of benzene rings is 2. The lowest BCUT2D eigenvalue weighted by molar-refractivity contribution is -0.123. The van der Waals surface area contributed by atoms with Gasteiger partial charge < -0.3 is 9.67 Å². The fraction of sp³-hybridized carbons (Fsp3) is 0.333. The fourth-order valence-electron chi connectivity index (χ4n) is 4.94. The van der Waals surface area contributed by atoms with Crippen LogP contribution in [0.1, 0.15) is 41.3 Å². The van der Waals surface area contributed by atoms with Crippen LogP contribution in [-0.2, 0) is 17.8 Å². The molecule has 1 aromatic heterocycles. The summed E-state index contributed by atoms with van der Waals surface area (Å²) in [6.07, 6.45) is 4.95. The topological polar surface area (TPSA) is 69.9 Å². The van der Waals surface area contributed by atoms with Gasteiger partial charge in [0.05, 0.1) is 18.8 Å². The molecule has 2 aromatic carbocycles. The maximum absolute atomic E-state index is 12.5. The minimum absolute atomic E-state index is 0.0995. The van der Waals surface area contributed by atoms with Crippen molar-refractivity contribution >= 4 is 23.0 Å². The smallest absolute Gasteiger partial charge is 0.254 e. The summed E-state index contributed by atoms with van der Waals surface area (Å²) in [5.74, 6) is 0.110. The molecule has 0 bridgehead atoms. The van der Waals surface area contributed by atoms with Gasteiger partial charge in [-0.2, -0.15) is 5.10 Å². The van der Waals surface area contributed by atoms with Gasteiger partial charge in [-0.05, 0) is 73.7 Å². The Labute approximate surface area is 175 Å². The molecule has 0 fully saturated rings. The van der Waals surface area contributed by atoms with E-state index in [1.165, 1.54) is 27.7 Å². The van der Waals surface area contributed by atoms with Crippen molar-refractivity contribution in [2.45, 2.75) is 38.8 Å². The van der Waals surface area contributed by atoms with E-state index in [9.17, 15) is 9.90 Å². The third-order valence-electron chi connectivity index (χ3n) is 6.28. The first-order chi connectivity index (χ1) is 14.6. The van der Waals surface area contributed by atoms with Crippen LogP contribution in [-0.4, -0.2) is 39.8 Å². The molecule has 0 saturated heterocycles. The molecule has 2 aliphatic rings. The monoisotopic (exact) mass is 402 g/mol. The number of nitrogens with zero attached hydrogens (tertiary/aromatic N) is 3. The van der Waals surface area contributed by atoms with E-state index in [-0.39, 0.29) is 11.7 Å². The van der Waals surface area contributed by atoms with Crippen LogP contribution in [0.3, 0.4) is 0 Å². The van der Waals surface area contributed by atoms with Crippen LogP contribution in [0, 0.1) is 6.92 Å². The number of hydrazone groups is 1. The van der Waals surface area contributed by atoms with Gasteiger partial charge in [0.25, 0.3) is 5.91 Å². The Balaban J connectivity index is 1.32. The van der Waals surface area contributed by atoms with Crippen molar-refractivity contribution in [1.29, 1.82) is 0 Å². The third-order valence-corrected chi connectivity index (χ3v) is 6.28. The zero-order chi connectivity index (χ0) is 20.7. The minimum Gasteiger partial charge on any atom is -0.508 e. The Morgan fingerprint density at radius 1 is 1.23 bits per heavy atom. The first kappa shape index (κ1) is 18.9. The highest BCUT2D eigenvalue weighted by atomic mass is 16.3. The van der Waals surface area contributed by atoms with E-state index >= 15 is 0 Å². The number of hydrogen-bond acceptors (Lipinski definition) is 4. The number of amides is 1. The number of hydrogen-bond donors (Lipinski definition) is 2. The van der Waals surface area contributed by atoms with Gasteiger partial charge >= 0.3 is 0 Å². The molecule has 2 heterocycles. The third kappa shape index (κ3) is 3.37. The van der Waals surface area contributed by atoms with Crippen molar-refractivity contribution in [3.05, 3.63) is 64.8 Å². The molecule has 1 aliphatic carbocycles. The second-order valence-corrected chi connectivity index (χ2v) is 8.30. The lowest BCUT2D eigenvalue weighted by Crippen LogP contribution is -2.44. The maximum atomic E-state index is 12.5. The van der Waals surface area contributed by atoms with Crippen molar-refractivity contribution < 1.29 is 9.90 Å². The molecule has 1 amide bonds. The Morgan fingerprint density at radius 2 is 2.07 bits per heavy atom. The Kier molecular flexibility index (Phi) is 4.79. The van der Waals surface area contributed by atoms with Gasteiger partial charge in [0, 0.05) is 29.7 Å². The fourth-order valence-corrected chi connectivity index (χ4v) is 4.94. The average molecular weight is 402 g/mol. The number of aryl methyl sites for hydroxylation is 2. The van der Waals surface area contributed by atoms with E-state index in [4.69, 9.17) is 0 Å². The van der Waals surface area contributed by atoms with Crippen LogP contribution in [0.25, 0.3) is 10.9 Å². The van der Waals surface area contributed by atoms with E-state index in [0.717, 1.165) is 37.9 Å². The highest BCUT2D eigenvalue weighted by molar-refractivity contribution is 5.87. The van der Waals surface area contributed by atoms with Gasteiger partial charge in [0.1, 0.15) is 5.75 Å². The van der Waals surface area contributed by atoms with Crippen LogP contribution in [0.4, 0.5) is 0 Å². The molecular formula is C24H26N4O2. The number of carbonyl (C=O) groups excluding carboxylic acids is 1. The summed E-state index contributed by atoms with van der Waals surface area (Å²) in [6, 6.07) is 13.7. The zero-order valence-corrected chi connectivity index (χ0v) is 17.1. The van der Waals surface area contributed by atoms with Crippen molar-refractivity contribution in [1.82, 2.24) is 14.9 Å². The number of fused-ring (bicyclic) bond motifs is 3. The average Bonchev–Trinajstić information content (AvgIpc) is 3.06. The lowest BCUT2D eigenvalue weighted by Gasteiger charge is -2.39. The van der Waals surface area contributed by atoms with Crippen molar-refractivity contribution in [2.24, 2.45) is 5.10 Å². The highest BCUT2D eigenvalue weighted by Gasteiger charge is 2.35. The standard InChI is InChI=1S/C24H26N4O2/c1-16-5-10-21-20(13-16)19-3-2-4-22-24(19)28(21)12-11-27(22)15-23(30)26-25-14-17-6-8-18(29)9-7-17/h5-10,13-14,22,29H,2-4,11-12,15H2,1H3,(H,26,30)/b25-14-. The summed E-state index contributed by atoms with van der Waals surface area (Å²) < 4.78 is 2.48. The second kappa shape index (κ2) is 7.61. The molecule has 1 unspecified atom stereocenters. The molecule has 1 atom stereocenters. The summed E-state index contributed by atoms with van der Waals surface area (Å²) >= 11 is 0. The summed E-state index contributed by atoms with van der Waals surface area (Å²) in [7, 11) is 0. The van der Waals surface area contributed by atoms with Gasteiger partial charge in [-0.15, -0.1) is 0 Å². The van der Waals surface area contributed by atoms with Gasteiger partial charge in [-0.25, -0.2) is 5.43 Å². The number of aromatic hydroxyl groups is 1. The number of aromatic nitrogens is 1.